The molecule has 0 spiro atoms. The fourth-order valence-corrected chi connectivity index (χ4v) is 2.74. The van der Waals surface area contributed by atoms with Gasteiger partial charge in [-0.25, -0.2) is 0 Å². The Morgan fingerprint density at radius 1 is 1.04 bits per heavy atom. The first kappa shape index (κ1) is 14.7. The molecule has 0 atom stereocenters. The lowest BCUT2D eigenvalue weighted by Crippen LogP contribution is -2.15. The summed E-state index contributed by atoms with van der Waals surface area (Å²) in [7, 11) is 0. The molecule has 0 amide bonds. The van der Waals surface area contributed by atoms with Crippen molar-refractivity contribution < 1.29 is 9.47 Å². The average Bonchev–Trinajstić information content (AvgIpc) is 3.11. The molecular weight excluding hydrogens is 304 g/mol. The normalized spacial score (nSPS) is 13.0. The van der Waals surface area contributed by atoms with E-state index >= 15 is 0 Å². The van der Waals surface area contributed by atoms with Gasteiger partial charge >= 0.3 is 0 Å². The maximum atomic E-state index is 5.66. The number of H-pyrrole nitrogens is 1. The lowest BCUT2D eigenvalue weighted by molar-refractivity contribution is 0.171. The molecule has 0 aliphatic carbocycles. The van der Waals surface area contributed by atoms with Gasteiger partial charge in [0.15, 0.2) is 11.5 Å². The minimum Gasteiger partial charge on any atom is -0.486 e. The SMILES string of the molecule is c1cncc(CNCc2cn[nH]c2-c2ccc3c(c2)OCCO3)c1. The highest BCUT2D eigenvalue weighted by Crippen LogP contribution is 2.34. The number of aromatic nitrogens is 3. The summed E-state index contributed by atoms with van der Waals surface area (Å²) in [6.45, 7) is 2.66. The van der Waals surface area contributed by atoms with Crippen molar-refractivity contribution in [2.75, 3.05) is 13.2 Å². The molecule has 1 aromatic carbocycles. The van der Waals surface area contributed by atoms with E-state index < -0.39 is 0 Å². The van der Waals surface area contributed by atoms with Gasteiger partial charge in [0.1, 0.15) is 13.2 Å². The predicted molar refractivity (Wildman–Crippen MR) is 89.8 cm³/mol. The van der Waals surface area contributed by atoms with E-state index in [2.05, 4.69) is 26.6 Å². The van der Waals surface area contributed by atoms with Crippen molar-refractivity contribution in [2.24, 2.45) is 0 Å². The van der Waals surface area contributed by atoms with Gasteiger partial charge in [-0.2, -0.15) is 5.10 Å². The quantitative estimate of drug-likeness (QED) is 0.755. The zero-order valence-electron chi connectivity index (χ0n) is 13.2. The second-order valence-electron chi connectivity index (χ2n) is 5.59. The molecule has 1 aliphatic rings. The van der Waals surface area contributed by atoms with Gasteiger partial charge in [0.2, 0.25) is 0 Å². The van der Waals surface area contributed by atoms with E-state index in [4.69, 9.17) is 9.47 Å². The van der Waals surface area contributed by atoms with Gasteiger partial charge in [0.05, 0.1) is 11.9 Å². The molecular formula is C18H18N4O2. The molecule has 6 nitrogen and oxygen atoms in total. The van der Waals surface area contributed by atoms with Gasteiger partial charge in [0.25, 0.3) is 0 Å². The van der Waals surface area contributed by atoms with Crippen LogP contribution in [0.15, 0.2) is 48.9 Å². The van der Waals surface area contributed by atoms with Crippen LogP contribution in [0.4, 0.5) is 0 Å². The summed E-state index contributed by atoms with van der Waals surface area (Å²) in [5.41, 5.74) is 4.29. The summed E-state index contributed by atoms with van der Waals surface area (Å²) in [5.74, 6) is 1.57. The Kier molecular flexibility index (Phi) is 4.12. The second kappa shape index (κ2) is 6.72. The number of nitrogens with zero attached hydrogens (tertiary/aromatic N) is 2. The summed E-state index contributed by atoms with van der Waals surface area (Å²) in [6.07, 6.45) is 5.49. The molecule has 3 aromatic rings. The first-order valence-corrected chi connectivity index (χ1v) is 7.92. The van der Waals surface area contributed by atoms with Crippen LogP contribution in [0, 0.1) is 0 Å². The summed E-state index contributed by atoms with van der Waals surface area (Å²) in [4.78, 5) is 4.12. The van der Waals surface area contributed by atoms with Crippen LogP contribution in [0.25, 0.3) is 11.3 Å². The van der Waals surface area contributed by atoms with Gasteiger partial charge in [0, 0.05) is 36.6 Å². The third-order valence-electron chi connectivity index (χ3n) is 3.92. The van der Waals surface area contributed by atoms with Gasteiger partial charge in [-0.15, -0.1) is 0 Å². The number of pyridine rings is 1. The minimum atomic E-state index is 0.582. The molecule has 1 aliphatic heterocycles. The van der Waals surface area contributed by atoms with E-state index in [0.717, 1.165) is 47.0 Å². The number of rotatable bonds is 5. The maximum Gasteiger partial charge on any atom is 0.162 e. The van der Waals surface area contributed by atoms with Gasteiger partial charge < -0.3 is 14.8 Å². The van der Waals surface area contributed by atoms with E-state index in [-0.39, 0.29) is 0 Å². The second-order valence-corrected chi connectivity index (χ2v) is 5.59. The topological polar surface area (TPSA) is 72.1 Å². The Bertz CT molecular complexity index is 817. The Labute approximate surface area is 139 Å². The van der Waals surface area contributed by atoms with Gasteiger partial charge in [-0.1, -0.05) is 6.07 Å². The Balaban J connectivity index is 1.48. The van der Waals surface area contributed by atoms with E-state index in [1.807, 2.05) is 36.7 Å². The smallest absolute Gasteiger partial charge is 0.162 e. The molecule has 0 radical (unpaired) electrons. The van der Waals surface area contributed by atoms with Crippen molar-refractivity contribution in [3.8, 4) is 22.8 Å². The van der Waals surface area contributed by atoms with Crippen molar-refractivity contribution in [3.05, 3.63) is 60.0 Å². The van der Waals surface area contributed by atoms with Crippen molar-refractivity contribution in [1.29, 1.82) is 0 Å². The van der Waals surface area contributed by atoms with E-state index in [1.165, 1.54) is 0 Å². The summed E-state index contributed by atoms with van der Waals surface area (Å²) < 4.78 is 11.2. The number of hydrogen-bond acceptors (Lipinski definition) is 5. The largest absolute Gasteiger partial charge is 0.486 e. The van der Waals surface area contributed by atoms with Crippen LogP contribution in [-0.2, 0) is 13.1 Å². The number of fused-ring (bicyclic) bond motifs is 1. The highest BCUT2D eigenvalue weighted by Gasteiger charge is 2.14. The molecule has 0 bridgehead atoms. The number of ether oxygens (including phenoxy) is 2. The molecule has 0 saturated heterocycles. The third-order valence-corrected chi connectivity index (χ3v) is 3.92. The molecule has 0 saturated carbocycles. The van der Waals surface area contributed by atoms with E-state index in [9.17, 15) is 0 Å². The third kappa shape index (κ3) is 3.09. The van der Waals surface area contributed by atoms with Crippen molar-refractivity contribution >= 4 is 0 Å². The van der Waals surface area contributed by atoms with Crippen molar-refractivity contribution in [3.63, 3.8) is 0 Å². The zero-order valence-corrected chi connectivity index (χ0v) is 13.2. The van der Waals surface area contributed by atoms with Crippen molar-refractivity contribution in [2.45, 2.75) is 13.1 Å². The standard InChI is InChI=1S/C18H18N4O2/c1-2-13(9-19-5-1)10-20-11-15-12-21-22-18(15)14-3-4-16-17(8-14)24-7-6-23-16/h1-5,8-9,12,20H,6-7,10-11H2,(H,21,22). The number of hydrogen-bond donors (Lipinski definition) is 2. The lowest BCUT2D eigenvalue weighted by Gasteiger charge is -2.18. The molecule has 6 heteroatoms. The van der Waals surface area contributed by atoms with Gasteiger partial charge in [-0.05, 0) is 29.8 Å². The minimum absolute atomic E-state index is 0.582. The molecule has 122 valence electrons. The monoisotopic (exact) mass is 322 g/mol. The highest BCUT2D eigenvalue weighted by molar-refractivity contribution is 5.66. The molecule has 24 heavy (non-hydrogen) atoms. The molecule has 3 heterocycles. The van der Waals surface area contributed by atoms with Crippen molar-refractivity contribution in [1.82, 2.24) is 20.5 Å². The van der Waals surface area contributed by atoms with E-state index in [0.29, 0.717) is 13.2 Å². The van der Waals surface area contributed by atoms with Gasteiger partial charge in [-0.3, -0.25) is 10.1 Å². The predicted octanol–water partition coefficient (Wildman–Crippen LogP) is 2.53. The van der Waals surface area contributed by atoms with Crippen LogP contribution in [0.5, 0.6) is 11.5 Å². The fourth-order valence-electron chi connectivity index (χ4n) is 2.74. The Morgan fingerprint density at radius 3 is 2.83 bits per heavy atom. The van der Waals surface area contributed by atoms with E-state index in [1.54, 1.807) is 6.20 Å². The number of nitrogens with one attached hydrogen (secondary N) is 2. The molecule has 4 rings (SSSR count). The number of benzene rings is 1. The highest BCUT2D eigenvalue weighted by atomic mass is 16.6. The molecule has 0 unspecified atom stereocenters. The fraction of sp³-hybridized carbons (Fsp3) is 0.222. The van der Waals surface area contributed by atoms with Crippen LogP contribution in [0.2, 0.25) is 0 Å². The zero-order chi connectivity index (χ0) is 16.2. The van der Waals surface area contributed by atoms with Crippen LogP contribution in [-0.4, -0.2) is 28.4 Å². The van der Waals surface area contributed by atoms with Crippen LogP contribution in [0.1, 0.15) is 11.1 Å². The lowest BCUT2D eigenvalue weighted by atomic mass is 10.1. The summed E-state index contributed by atoms with van der Waals surface area (Å²) >= 11 is 0. The maximum absolute atomic E-state index is 5.66. The summed E-state index contributed by atoms with van der Waals surface area (Å²) in [6, 6.07) is 9.95. The molecule has 2 aromatic heterocycles. The molecule has 2 N–H and O–H groups in total. The first-order chi connectivity index (χ1) is 11.9. The van der Waals surface area contributed by atoms with Crippen LogP contribution < -0.4 is 14.8 Å². The first-order valence-electron chi connectivity index (χ1n) is 7.92. The average molecular weight is 322 g/mol. The van der Waals surface area contributed by atoms with Crippen LogP contribution >= 0.6 is 0 Å². The Hall–Kier alpha value is -2.86. The Morgan fingerprint density at radius 2 is 1.96 bits per heavy atom. The number of aromatic amines is 1. The van der Waals surface area contributed by atoms with Crippen LogP contribution in [0.3, 0.4) is 0 Å². The molecule has 0 fully saturated rings. The summed E-state index contributed by atoms with van der Waals surface area (Å²) in [5, 5.41) is 10.7.